The van der Waals surface area contributed by atoms with Crippen molar-refractivity contribution in [2.45, 2.75) is 64.6 Å². The fourth-order valence-corrected chi connectivity index (χ4v) is 3.55. The van der Waals surface area contributed by atoms with Crippen molar-refractivity contribution in [1.82, 2.24) is 4.90 Å². The average molecular weight is 254 g/mol. The molecular formula is C15H30N2O. The van der Waals surface area contributed by atoms with E-state index in [9.17, 15) is 0 Å². The normalized spacial score (nSPS) is 43.0. The summed E-state index contributed by atoms with van der Waals surface area (Å²) in [4.78, 5) is 2.64. The summed E-state index contributed by atoms with van der Waals surface area (Å²) < 4.78 is 5.78. The predicted octanol–water partition coefficient (Wildman–Crippen LogP) is 2.25. The summed E-state index contributed by atoms with van der Waals surface area (Å²) in [6.45, 7) is 9.98. The van der Waals surface area contributed by atoms with Gasteiger partial charge in [-0.2, -0.15) is 0 Å². The molecule has 1 saturated heterocycles. The molecule has 5 atom stereocenters. The zero-order valence-electron chi connectivity index (χ0n) is 12.3. The van der Waals surface area contributed by atoms with Gasteiger partial charge in [0.15, 0.2) is 0 Å². The first kappa shape index (κ1) is 14.3. The molecule has 0 aromatic rings. The van der Waals surface area contributed by atoms with Crippen LogP contribution in [0.3, 0.4) is 0 Å². The van der Waals surface area contributed by atoms with Crippen molar-refractivity contribution < 1.29 is 4.74 Å². The number of morpholine rings is 1. The first-order chi connectivity index (χ1) is 8.60. The lowest BCUT2D eigenvalue weighted by Crippen LogP contribution is -2.52. The second kappa shape index (κ2) is 6.36. The lowest BCUT2D eigenvalue weighted by molar-refractivity contribution is -0.0638. The number of hydrogen-bond acceptors (Lipinski definition) is 3. The minimum Gasteiger partial charge on any atom is -0.376 e. The highest BCUT2D eigenvalue weighted by Gasteiger charge is 2.32. The molecule has 3 heteroatoms. The SMILES string of the molecule is CCC1COC(C)CN1CC1CC(C)CCC1N. The Kier molecular flexibility index (Phi) is 5.05. The second-order valence-electron chi connectivity index (χ2n) is 6.50. The van der Waals surface area contributed by atoms with E-state index in [4.69, 9.17) is 10.5 Å². The van der Waals surface area contributed by atoms with Crippen LogP contribution >= 0.6 is 0 Å². The van der Waals surface area contributed by atoms with Crippen LogP contribution in [-0.4, -0.2) is 42.8 Å². The molecule has 0 amide bonds. The van der Waals surface area contributed by atoms with E-state index in [0.717, 1.165) is 19.1 Å². The first-order valence-corrected chi connectivity index (χ1v) is 7.71. The van der Waals surface area contributed by atoms with E-state index < -0.39 is 0 Å². The maximum absolute atomic E-state index is 6.32. The Bertz CT molecular complexity index is 259. The highest BCUT2D eigenvalue weighted by atomic mass is 16.5. The quantitative estimate of drug-likeness (QED) is 0.839. The van der Waals surface area contributed by atoms with E-state index in [1.807, 2.05) is 0 Å². The Hall–Kier alpha value is -0.120. The molecule has 0 aromatic carbocycles. The predicted molar refractivity (Wildman–Crippen MR) is 75.5 cm³/mol. The Labute approximate surface area is 112 Å². The topological polar surface area (TPSA) is 38.5 Å². The summed E-state index contributed by atoms with van der Waals surface area (Å²) in [6.07, 6.45) is 5.40. The van der Waals surface area contributed by atoms with Crippen LogP contribution in [0.15, 0.2) is 0 Å². The van der Waals surface area contributed by atoms with Gasteiger partial charge in [-0.15, -0.1) is 0 Å². The van der Waals surface area contributed by atoms with E-state index in [1.54, 1.807) is 0 Å². The van der Waals surface area contributed by atoms with Gasteiger partial charge in [-0.05, 0) is 44.4 Å². The van der Waals surface area contributed by atoms with Crippen LogP contribution in [0.2, 0.25) is 0 Å². The molecule has 1 saturated carbocycles. The van der Waals surface area contributed by atoms with E-state index in [0.29, 0.717) is 24.1 Å². The maximum Gasteiger partial charge on any atom is 0.0674 e. The standard InChI is InChI=1S/C15H30N2O/c1-4-14-10-18-12(3)8-17(14)9-13-7-11(2)5-6-15(13)16/h11-15H,4-10,16H2,1-3H3. The molecule has 1 aliphatic heterocycles. The fraction of sp³-hybridized carbons (Fsp3) is 1.00. The van der Waals surface area contributed by atoms with Gasteiger partial charge >= 0.3 is 0 Å². The van der Waals surface area contributed by atoms with E-state index in [2.05, 4.69) is 25.7 Å². The van der Waals surface area contributed by atoms with Crippen molar-refractivity contribution >= 4 is 0 Å². The molecule has 1 aliphatic carbocycles. The van der Waals surface area contributed by atoms with Gasteiger partial charge in [0.25, 0.3) is 0 Å². The van der Waals surface area contributed by atoms with Gasteiger partial charge < -0.3 is 10.5 Å². The first-order valence-electron chi connectivity index (χ1n) is 7.71. The number of hydrogen-bond donors (Lipinski definition) is 1. The van der Waals surface area contributed by atoms with E-state index >= 15 is 0 Å². The van der Waals surface area contributed by atoms with Crippen LogP contribution in [0, 0.1) is 11.8 Å². The second-order valence-corrected chi connectivity index (χ2v) is 6.50. The molecule has 1 heterocycles. The van der Waals surface area contributed by atoms with Gasteiger partial charge in [0.05, 0.1) is 12.7 Å². The number of ether oxygens (including phenoxy) is 1. The number of rotatable bonds is 3. The van der Waals surface area contributed by atoms with Gasteiger partial charge in [-0.3, -0.25) is 4.90 Å². The maximum atomic E-state index is 6.32. The van der Waals surface area contributed by atoms with Crippen LogP contribution in [0.5, 0.6) is 0 Å². The monoisotopic (exact) mass is 254 g/mol. The molecule has 106 valence electrons. The molecule has 2 N–H and O–H groups in total. The third-order valence-corrected chi connectivity index (χ3v) is 4.82. The van der Waals surface area contributed by atoms with Crippen molar-refractivity contribution in [3.8, 4) is 0 Å². The van der Waals surface area contributed by atoms with Gasteiger partial charge in [-0.1, -0.05) is 13.8 Å². The third-order valence-electron chi connectivity index (χ3n) is 4.82. The molecule has 2 aliphatic rings. The minimum absolute atomic E-state index is 0.380. The number of nitrogens with two attached hydrogens (primary N) is 1. The summed E-state index contributed by atoms with van der Waals surface area (Å²) >= 11 is 0. The van der Waals surface area contributed by atoms with Crippen molar-refractivity contribution in [2.24, 2.45) is 17.6 Å². The largest absolute Gasteiger partial charge is 0.376 e. The third kappa shape index (κ3) is 3.46. The fourth-order valence-electron chi connectivity index (χ4n) is 3.55. The van der Waals surface area contributed by atoms with Crippen molar-refractivity contribution in [1.29, 1.82) is 0 Å². The Balaban J connectivity index is 1.92. The lowest BCUT2D eigenvalue weighted by Gasteiger charge is -2.43. The van der Waals surface area contributed by atoms with Gasteiger partial charge in [-0.25, -0.2) is 0 Å². The molecule has 3 nitrogen and oxygen atoms in total. The van der Waals surface area contributed by atoms with Crippen LogP contribution in [0.4, 0.5) is 0 Å². The molecule has 2 fully saturated rings. The van der Waals surface area contributed by atoms with Crippen LogP contribution in [0.25, 0.3) is 0 Å². The van der Waals surface area contributed by atoms with Crippen LogP contribution in [0.1, 0.15) is 46.5 Å². The zero-order chi connectivity index (χ0) is 13.1. The van der Waals surface area contributed by atoms with Gasteiger partial charge in [0, 0.05) is 25.2 Å². The molecule has 18 heavy (non-hydrogen) atoms. The summed E-state index contributed by atoms with van der Waals surface area (Å²) in [6, 6.07) is 1.02. The molecule has 0 aromatic heterocycles. The molecular weight excluding hydrogens is 224 g/mol. The van der Waals surface area contributed by atoms with E-state index in [1.165, 1.54) is 32.2 Å². The highest BCUT2D eigenvalue weighted by molar-refractivity contribution is 4.86. The van der Waals surface area contributed by atoms with Crippen molar-refractivity contribution in [3.05, 3.63) is 0 Å². The van der Waals surface area contributed by atoms with Crippen LogP contribution < -0.4 is 5.73 Å². The number of nitrogens with zero attached hydrogens (tertiary/aromatic N) is 1. The van der Waals surface area contributed by atoms with Crippen LogP contribution in [-0.2, 0) is 4.74 Å². The molecule has 5 unspecified atom stereocenters. The Morgan fingerprint density at radius 1 is 1.28 bits per heavy atom. The van der Waals surface area contributed by atoms with Crippen molar-refractivity contribution in [2.75, 3.05) is 19.7 Å². The minimum atomic E-state index is 0.380. The summed E-state index contributed by atoms with van der Waals surface area (Å²) in [7, 11) is 0. The average Bonchev–Trinajstić information content (AvgIpc) is 2.34. The summed E-state index contributed by atoms with van der Waals surface area (Å²) in [5, 5.41) is 0. The highest BCUT2D eigenvalue weighted by Crippen LogP contribution is 2.29. The molecule has 0 bridgehead atoms. The summed E-state index contributed by atoms with van der Waals surface area (Å²) in [5.41, 5.74) is 6.32. The Morgan fingerprint density at radius 2 is 2.06 bits per heavy atom. The molecule has 0 radical (unpaired) electrons. The van der Waals surface area contributed by atoms with Crippen molar-refractivity contribution in [3.63, 3.8) is 0 Å². The van der Waals surface area contributed by atoms with E-state index in [-0.39, 0.29) is 0 Å². The van der Waals surface area contributed by atoms with Gasteiger partial charge in [0.1, 0.15) is 0 Å². The smallest absolute Gasteiger partial charge is 0.0674 e. The molecule has 0 spiro atoms. The summed E-state index contributed by atoms with van der Waals surface area (Å²) in [5.74, 6) is 1.54. The van der Waals surface area contributed by atoms with Gasteiger partial charge in [0.2, 0.25) is 0 Å². The Morgan fingerprint density at radius 3 is 2.78 bits per heavy atom. The molecule has 2 rings (SSSR count). The zero-order valence-corrected chi connectivity index (χ0v) is 12.3. The lowest BCUT2D eigenvalue weighted by atomic mass is 9.78.